The summed E-state index contributed by atoms with van der Waals surface area (Å²) in [4.78, 5) is 43.3. The Morgan fingerprint density at radius 1 is 1.05 bits per heavy atom. The number of nitrogens with two attached hydrogens (primary N) is 1. The van der Waals surface area contributed by atoms with E-state index in [0.29, 0.717) is 22.4 Å². The average molecular weight is 785 g/mol. The number of ketones is 2. The van der Waals surface area contributed by atoms with E-state index in [1.807, 2.05) is 43.3 Å². The van der Waals surface area contributed by atoms with Gasteiger partial charge in [0.1, 0.15) is 22.8 Å². The molecule has 0 radical (unpaired) electrons. The second-order valence-corrected chi connectivity index (χ2v) is 13.5. The molecule has 3 aliphatic carbocycles. The topological polar surface area (TPSA) is 165 Å². The first-order chi connectivity index (χ1) is 19.1. The summed E-state index contributed by atoms with van der Waals surface area (Å²) in [5.41, 5.74) is 4.11. The first kappa shape index (κ1) is 29.8. The van der Waals surface area contributed by atoms with E-state index in [4.69, 9.17) is 5.73 Å². The van der Waals surface area contributed by atoms with Crippen LogP contribution in [0.3, 0.4) is 0 Å². The Morgan fingerprint density at radius 3 is 2.27 bits per heavy atom. The molecule has 216 valence electrons. The molecule has 3 aliphatic rings. The number of amides is 1. The van der Waals surface area contributed by atoms with Crippen LogP contribution in [-0.2, 0) is 16.0 Å². The fraction of sp³-hybridized carbons (Fsp3) is 0.345. The molecule has 2 aromatic carbocycles. The SMILES string of the molecule is CN(C)c1cc(-c2ccc(I)c(I)c2)c(O)c2c1C[C@H]1C[C@H]3[C@H](N(C)C)C(O)=C(C(N)=O)C(=O)[C@@]3(O)C(O)=C1C2=O. The van der Waals surface area contributed by atoms with Crippen molar-refractivity contribution in [1.82, 2.24) is 4.90 Å². The van der Waals surface area contributed by atoms with Gasteiger partial charge in [0.05, 0.1) is 11.6 Å². The van der Waals surface area contributed by atoms with Gasteiger partial charge >= 0.3 is 0 Å². The molecule has 0 heterocycles. The molecule has 4 atom stereocenters. The molecule has 10 nitrogen and oxygen atoms in total. The summed E-state index contributed by atoms with van der Waals surface area (Å²) in [7, 11) is 6.86. The largest absolute Gasteiger partial charge is 0.510 e. The van der Waals surface area contributed by atoms with Crippen molar-refractivity contribution in [1.29, 1.82) is 0 Å². The fourth-order valence-corrected chi connectivity index (χ4v) is 7.43. The number of hydrogen-bond donors (Lipinski definition) is 5. The quantitative estimate of drug-likeness (QED) is 0.232. The monoisotopic (exact) mass is 785 g/mol. The summed E-state index contributed by atoms with van der Waals surface area (Å²) in [6.45, 7) is 0. The minimum Gasteiger partial charge on any atom is -0.510 e. The van der Waals surface area contributed by atoms with Crippen molar-refractivity contribution >= 4 is 68.3 Å². The lowest BCUT2D eigenvalue weighted by Crippen LogP contribution is -2.63. The Morgan fingerprint density at radius 2 is 1.71 bits per heavy atom. The van der Waals surface area contributed by atoms with Crippen LogP contribution >= 0.6 is 45.2 Å². The highest BCUT2D eigenvalue weighted by Gasteiger charge is 2.63. The van der Waals surface area contributed by atoms with Crippen molar-refractivity contribution in [2.45, 2.75) is 24.5 Å². The van der Waals surface area contributed by atoms with Crippen LogP contribution < -0.4 is 10.6 Å². The van der Waals surface area contributed by atoms with E-state index in [1.165, 1.54) is 4.90 Å². The van der Waals surface area contributed by atoms with Gasteiger partial charge in [0, 0.05) is 44.0 Å². The molecule has 0 fully saturated rings. The molecule has 0 unspecified atom stereocenters. The van der Waals surface area contributed by atoms with E-state index >= 15 is 0 Å². The van der Waals surface area contributed by atoms with E-state index in [1.54, 1.807) is 14.1 Å². The molecular weight excluding hydrogens is 756 g/mol. The van der Waals surface area contributed by atoms with Crippen molar-refractivity contribution in [2.24, 2.45) is 17.6 Å². The number of aliphatic hydroxyl groups excluding tert-OH is 2. The summed E-state index contributed by atoms with van der Waals surface area (Å²) < 4.78 is 1.99. The highest BCUT2D eigenvalue weighted by atomic mass is 127. The Balaban J connectivity index is 1.76. The van der Waals surface area contributed by atoms with Gasteiger partial charge in [0.15, 0.2) is 11.4 Å². The molecule has 6 N–H and O–H groups in total. The van der Waals surface area contributed by atoms with E-state index in [2.05, 4.69) is 45.2 Å². The predicted octanol–water partition coefficient (Wildman–Crippen LogP) is 3.06. The Kier molecular flexibility index (Phi) is 7.44. The number of allylic oxidation sites excluding steroid dienone is 1. The lowest BCUT2D eigenvalue weighted by molar-refractivity contribution is -0.148. The van der Waals surface area contributed by atoms with Crippen molar-refractivity contribution < 1.29 is 34.8 Å². The number of aromatic hydroxyl groups is 1. The van der Waals surface area contributed by atoms with Gasteiger partial charge in [-0.15, -0.1) is 0 Å². The third-order valence-electron chi connectivity index (χ3n) is 8.41. The van der Waals surface area contributed by atoms with Gasteiger partial charge in [-0.1, -0.05) is 6.07 Å². The van der Waals surface area contributed by atoms with Crippen LogP contribution in [0.5, 0.6) is 5.75 Å². The predicted molar refractivity (Wildman–Crippen MR) is 169 cm³/mol. The highest BCUT2D eigenvalue weighted by Crippen LogP contribution is 2.54. The zero-order valence-electron chi connectivity index (χ0n) is 22.7. The molecule has 1 amide bonds. The highest BCUT2D eigenvalue weighted by molar-refractivity contribution is 14.1. The molecule has 0 aliphatic heterocycles. The van der Waals surface area contributed by atoms with E-state index in [0.717, 1.165) is 7.14 Å². The van der Waals surface area contributed by atoms with Crippen LogP contribution in [0.2, 0.25) is 0 Å². The fourth-order valence-electron chi connectivity index (χ4n) is 6.58. The lowest BCUT2D eigenvalue weighted by Gasteiger charge is -2.50. The third-order valence-corrected chi connectivity index (χ3v) is 11.3. The zero-order chi connectivity index (χ0) is 30.3. The van der Waals surface area contributed by atoms with Crippen LogP contribution in [0.15, 0.2) is 46.9 Å². The zero-order valence-corrected chi connectivity index (χ0v) is 27.0. The molecule has 2 aromatic rings. The number of rotatable bonds is 4. The number of benzene rings is 2. The molecular formula is C29H29I2N3O7. The van der Waals surface area contributed by atoms with E-state index in [9.17, 15) is 34.8 Å². The number of aliphatic hydroxyl groups is 3. The van der Waals surface area contributed by atoms with Crippen molar-refractivity contribution in [3.63, 3.8) is 0 Å². The summed E-state index contributed by atoms with van der Waals surface area (Å²) in [6, 6.07) is 6.44. The van der Waals surface area contributed by atoms with Crippen molar-refractivity contribution in [2.75, 3.05) is 33.1 Å². The molecule has 0 saturated carbocycles. The van der Waals surface area contributed by atoms with Gasteiger partial charge in [-0.25, -0.2) is 0 Å². The van der Waals surface area contributed by atoms with Crippen LogP contribution in [0.4, 0.5) is 5.69 Å². The number of phenols is 1. The Labute approximate surface area is 263 Å². The van der Waals surface area contributed by atoms with Crippen LogP contribution in [0.25, 0.3) is 11.1 Å². The standard InChI is InChI=1S/C29H29I2N3O7/c1-33(2)18-10-13(11-5-6-16(30)17(31)9-11)23(35)20-14(18)7-12-8-15-22(34(3)4)25(37)21(28(32)40)27(39)29(15,41)26(38)19(12)24(20)36/h5-6,9-10,12,15,22,35,37-38,41H,7-8H2,1-4H3,(H2,32,40)/t12-,15-,22-,29-/m0/s1. The van der Waals surface area contributed by atoms with Gasteiger partial charge in [0.25, 0.3) is 5.91 Å². The smallest absolute Gasteiger partial charge is 0.255 e. The maximum atomic E-state index is 14.2. The number of carbonyl (C=O) groups excluding carboxylic acids is 3. The number of anilines is 1. The van der Waals surface area contributed by atoms with Crippen LogP contribution in [0, 0.1) is 19.0 Å². The number of fused-ring (bicyclic) bond motifs is 3. The second-order valence-electron chi connectivity index (χ2n) is 11.1. The molecule has 0 aromatic heterocycles. The minimum atomic E-state index is -2.67. The maximum Gasteiger partial charge on any atom is 0.255 e. The maximum absolute atomic E-state index is 14.2. The first-order valence-corrected chi connectivity index (χ1v) is 14.9. The number of carbonyl (C=O) groups is 3. The number of halogens is 2. The molecule has 12 heteroatoms. The number of hydrogen-bond acceptors (Lipinski definition) is 9. The van der Waals surface area contributed by atoms with E-state index in [-0.39, 0.29) is 29.7 Å². The molecule has 0 bridgehead atoms. The number of phenolic OH excluding ortho intramolecular Hbond substituents is 1. The van der Waals surface area contributed by atoms with Crippen molar-refractivity contribution in [3.05, 3.63) is 65.2 Å². The Bertz CT molecular complexity index is 1610. The number of nitrogens with zero attached hydrogens (tertiary/aromatic N) is 2. The van der Waals surface area contributed by atoms with Crippen LogP contribution in [-0.4, -0.2) is 82.6 Å². The summed E-state index contributed by atoms with van der Waals surface area (Å²) >= 11 is 4.40. The summed E-state index contributed by atoms with van der Waals surface area (Å²) in [6.07, 6.45) is 0.260. The minimum absolute atomic E-state index is 0.0134. The third kappa shape index (κ3) is 4.28. The number of primary amides is 1. The second kappa shape index (κ2) is 10.2. The van der Waals surface area contributed by atoms with Gasteiger partial charge in [-0.05, 0) is 107 Å². The normalized spacial score (nSPS) is 25.7. The van der Waals surface area contributed by atoms with Crippen LogP contribution in [0.1, 0.15) is 22.3 Å². The van der Waals surface area contributed by atoms with E-state index < -0.39 is 58.0 Å². The van der Waals surface area contributed by atoms with Gasteiger partial charge in [-0.3, -0.25) is 19.3 Å². The van der Waals surface area contributed by atoms with Gasteiger partial charge in [0.2, 0.25) is 5.78 Å². The Hall–Kier alpha value is -2.69. The van der Waals surface area contributed by atoms with Gasteiger partial charge < -0.3 is 31.1 Å². The average Bonchev–Trinajstić information content (AvgIpc) is 2.87. The summed E-state index contributed by atoms with van der Waals surface area (Å²) in [5.74, 6) is -6.66. The molecule has 5 rings (SSSR count). The molecule has 41 heavy (non-hydrogen) atoms. The lowest BCUT2D eigenvalue weighted by atomic mass is 9.58. The first-order valence-electron chi connectivity index (χ1n) is 12.8. The van der Waals surface area contributed by atoms with Gasteiger partial charge in [-0.2, -0.15) is 0 Å². The summed E-state index contributed by atoms with van der Waals surface area (Å²) in [5, 5.41) is 45.8. The van der Waals surface area contributed by atoms with Crippen molar-refractivity contribution in [3.8, 4) is 16.9 Å². The molecule has 0 saturated heterocycles. The number of Topliss-reactive ketones (excluding diaryl/α,β-unsaturated/α-hetero) is 2. The molecule has 0 spiro atoms. The number of likely N-dealkylation sites (N-methyl/N-ethyl adjacent to an activating group) is 1.